The summed E-state index contributed by atoms with van der Waals surface area (Å²) in [5.74, 6) is -1.05. The molecule has 3 aromatic carbocycles. The molecular formula is C33H35FN4O5. The zero-order valence-electron chi connectivity index (χ0n) is 24.4. The van der Waals surface area contributed by atoms with Crippen LogP contribution in [0.25, 0.3) is 16.6 Å². The highest BCUT2D eigenvalue weighted by Crippen LogP contribution is 2.40. The summed E-state index contributed by atoms with van der Waals surface area (Å²) in [4.78, 5) is 31.9. The van der Waals surface area contributed by atoms with E-state index in [0.717, 1.165) is 42.7 Å². The van der Waals surface area contributed by atoms with Crippen LogP contribution in [0, 0.1) is 5.82 Å². The average molecular weight is 587 g/mol. The monoisotopic (exact) mass is 586 g/mol. The van der Waals surface area contributed by atoms with Gasteiger partial charge in [-0.25, -0.2) is 9.18 Å². The molecule has 10 heteroatoms. The van der Waals surface area contributed by atoms with E-state index in [4.69, 9.17) is 9.47 Å². The number of anilines is 2. The molecule has 0 bridgehead atoms. The fourth-order valence-corrected chi connectivity index (χ4v) is 6.28. The van der Waals surface area contributed by atoms with E-state index in [1.807, 2.05) is 53.4 Å². The number of nitrogens with zero attached hydrogens (tertiary/aromatic N) is 4. The highest BCUT2D eigenvalue weighted by atomic mass is 19.1. The molecule has 3 heterocycles. The van der Waals surface area contributed by atoms with Crippen LogP contribution < -0.4 is 24.7 Å². The predicted octanol–water partition coefficient (Wildman–Crippen LogP) is 4.77. The normalized spacial score (nSPS) is 15.7. The third-order valence-electron chi connectivity index (χ3n) is 8.45. The Balaban J connectivity index is 1.41. The van der Waals surface area contributed by atoms with Gasteiger partial charge in [-0.2, -0.15) is 0 Å². The standard InChI is InChI=1S/C33H35FN4O5/c1-42-28-8-4-3-7-27(28)36-15-17-37(18-16-36)30-26(34)19-24-29(32(30)43-2)38(21-25(31(24)39)33(40)41)23-11-9-22(10-12-23)20-35-13-5-6-14-35/h3-4,7-12,19,21H,5-6,13-18,20H2,1-2H3,(H,40,41). The predicted molar refractivity (Wildman–Crippen MR) is 165 cm³/mol. The zero-order chi connectivity index (χ0) is 30.1. The van der Waals surface area contributed by atoms with Crippen LogP contribution in [0.15, 0.2) is 65.6 Å². The molecule has 9 nitrogen and oxygen atoms in total. The second-order valence-corrected chi connectivity index (χ2v) is 11.0. The maximum atomic E-state index is 15.9. The highest BCUT2D eigenvalue weighted by molar-refractivity contribution is 5.98. The number of carboxylic acid groups (broad SMARTS) is 1. The number of hydrogen-bond acceptors (Lipinski definition) is 7. The van der Waals surface area contributed by atoms with Crippen molar-refractivity contribution in [1.29, 1.82) is 0 Å². The van der Waals surface area contributed by atoms with E-state index in [2.05, 4.69) is 9.80 Å². The van der Waals surface area contributed by atoms with Crippen molar-refractivity contribution >= 4 is 28.2 Å². The lowest BCUT2D eigenvalue weighted by atomic mass is 10.1. The Morgan fingerprint density at radius 1 is 0.907 bits per heavy atom. The minimum Gasteiger partial charge on any atom is -0.495 e. The van der Waals surface area contributed by atoms with E-state index in [9.17, 15) is 14.7 Å². The van der Waals surface area contributed by atoms with Crippen LogP contribution in [0.3, 0.4) is 0 Å². The Hall–Kier alpha value is -4.57. The van der Waals surface area contributed by atoms with Gasteiger partial charge in [-0.05, 0) is 61.8 Å². The van der Waals surface area contributed by atoms with Crippen molar-refractivity contribution in [1.82, 2.24) is 9.47 Å². The van der Waals surface area contributed by atoms with Crippen molar-refractivity contribution < 1.29 is 23.8 Å². The van der Waals surface area contributed by atoms with Crippen molar-refractivity contribution in [2.24, 2.45) is 0 Å². The number of rotatable bonds is 8. The van der Waals surface area contributed by atoms with Crippen molar-refractivity contribution in [3.63, 3.8) is 0 Å². The van der Waals surface area contributed by atoms with E-state index < -0.39 is 22.8 Å². The summed E-state index contributed by atoms with van der Waals surface area (Å²) in [7, 11) is 3.09. The SMILES string of the molecule is COc1ccccc1N1CCN(c2c(F)cc3c(=O)c(C(=O)O)cn(-c4ccc(CN5CCCC5)cc4)c3c2OC)CC1. The minimum atomic E-state index is -1.37. The number of para-hydroxylation sites is 2. The van der Waals surface area contributed by atoms with E-state index >= 15 is 4.39 Å². The number of likely N-dealkylation sites (tertiary alicyclic amines) is 1. The van der Waals surface area contributed by atoms with Gasteiger partial charge < -0.3 is 28.9 Å². The van der Waals surface area contributed by atoms with Gasteiger partial charge >= 0.3 is 5.97 Å². The molecular weight excluding hydrogens is 551 g/mol. The molecule has 2 fully saturated rings. The maximum absolute atomic E-state index is 15.9. The smallest absolute Gasteiger partial charge is 0.341 e. The molecule has 224 valence electrons. The summed E-state index contributed by atoms with van der Waals surface area (Å²) in [6.45, 7) is 5.22. The lowest BCUT2D eigenvalue weighted by Crippen LogP contribution is -2.47. The van der Waals surface area contributed by atoms with Gasteiger partial charge in [-0.1, -0.05) is 24.3 Å². The van der Waals surface area contributed by atoms with Gasteiger partial charge in [-0.15, -0.1) is 0 Å². The third-order valence-corrected chi connectivity index (χ3v) is 8.45. The van der Waals surface area contributed by atoms with Gasteiger partial charge in [0.25, 0.3) is 0 Å². The fourth-order valence-electron chi connectivity index (χ4n) is 6.28. The Morgan fingerprint density at radius 2 is 1.58 bits per heavy atom. The summed E-state index contributed by atoms with van der Waals surface area (Å²) in [6.07, 6.45) is 3.72. The molecule has 0 atom stereocenters. The molecule has 0 radical (unpaired) electrons. The Labute approximate surface area is 249 Å². The Kier molecular flexibility index (Phi) is 7.94. The maximum Gasteiger partial charge on any atom is 0.341 e. The molecule has 1 aromatic heterocycles. The zero-order valence-corrected chi connectivity index (χ0v) is 24.4. The first-order valence-corrected chi connectivity index (χ1v) is 14.5. The third kappa shape index (κ3) is 5.38. The van der Waals surface area contributed by atoms with E-state index in [1.54, 1.807) is 11.7 Å². The number of carbonyl (C=O) groups is 1. The van der Waals surface area contributed by atoms with Crippen molar-refractivity contribution in [3.05, 3.63) is 88.0 Å². The van der Waals surface area contributed by atoms with Gasteiger partial charge in [0.15, 0.2) is 11.6 Å². The number of methoxy groups -OCH3 is 2. The van der Waals surface area contributed by atoms with Crippen LogP contribution in [0.4, 0.5) is 15.8 Å². The van der Waals surface area contributed by atoms with Crippen LogP contribution in [-0.2, 0) is 6.54 Å². The lowest BCUT2D eigenvalue weighted by Gasteiger charge is -2.38. The molecule has 4 aromatic rings. The first kappa shape index (κ1) is 28.5. The summed E-state index contributed by atoms with van der Waals surface area (Å²) < 4.78 is 28.9. The minimum absolute atomic E-state index is 0.0493. The van der Waals surface area contributed by atoms with E-state index in [-0.39, 0.29) is 16.8 Å². The number of benzene rings is 3. The average Bonchev–Trinajstić information content (AvgIpc) is 3.54. The number of fused-ring (bicyclic) bond motifs is 1. The quantitative estimate of drug-likeness (QED) is 0.316. The molecule has 2 aliphatic rings. The van der Waals surface area contributed by atoms with Gasteiger partial charge in [0.2, 0.25) is 5.43 Å². The summed E-state index contributed by atoms with van der Waals surface area (Å²) in [5, 5.41) is 9.80. The van der Waals surface area contributed by atoms with Crippen LogP contribution in [0.2, 0.25) is 0 Å². The number of aromatic carboxylic acids is 1. The second kappa shape index (κ2) is 12.0. The van der Waals surface area contributed by atoms with Gasteiger partial charge in [0, 0.05) is 44.6 Å². The molecule has 2 saturated heterocycles. The molecule has 43 heavy (non-hydrogen) atoms. The van der Waals surface area contributed by atoms with Crippen LogP contribution in [-0.4, -0.2) is 74.0 Å². The largest absolute Gasteiger partial charge is 0.495 e. The molecule has 6 rings (SSSR count). The van der Waals surface area contributed by atoms with Gasteiger partial charge in [-0.3, -0.25) is 9.69 Å². The summed E-state index contributed by atoms with van der Waals surface area (Å²) >= 11 is 0. The first-order chi connectivity index (χ1) is 20.9. The van der Waals surface area contributed by atoms with Crippen LogP contribution >= 0.6 is 0 Å². The number of aromatic nitrogens is 1. The number of piperazine rings is 1. The number of hydrogen-bond donors (Lipinski definition) is 1. The molecule has 0 amide bonds. The van der Waals surface area contributed by atoms with Crippen LogP contribution in [0.5, 0.6) is 11.5 Å². The fraction of sp³-hybridized carbons (Fsp3) is 0.333. The molecule has 2 aliphatic heterocycles. The number of pyridine rings is 1. The first-order valence-electron chi connectivity index (χ1n) is 14.5. The molecule has 1 N–H and O–H groups in total. The van der Waals surface area contributed by atoms with Crippen molar-refractivity contribution in [2.75, 3.05) is 63.3 Å². The van der Waals surface area contributed by atoms with Gasteiger partial charge in [0.1, 0.15) is 22.5 Å². The lowest BCUT2D eigenvalue weighted by molar-refractivity contribution is 0.0695. The Morgan fingerprint density at radius 3 is 2.23 bits per heavy atom. The number of carboxylic acids is 1. The van der Waals surface area contributed by atoms with E-state index in [1.165, 1.54) is 26.1 Å². The Bertz CT molecular complexity index is 1710. The highest BCUT2D eigenvalue weighted by Gasteiger charge is 2.29. The van der Waals surface area contributed by atoms with E-state index in [0.29, 0.717) is 37.4 Å². The van der Waals surface area contributed by atoms with Crippen molar-refractivity contribution in [2.45, 2.75) is 19.4 Å². The summed E-state index contributed by atoms with van der Waals surface area (Å²) in [6, 6.07) is 16.7. The molecule has 0 saturated carbocycles. The van der Waals surface area contributed by atoms with Crippen molar-refractivity contribution in [3.8, 4) is 17.2 Å². The van der Waals surface area contributed by atoms with Crippen LogP contribution in [0.1, 0.15) is 28.8 Å². The topological polar surface area (TPSA) is 87.5 Å². The number of halogens is 1. The second-order valence-electron chi connectivity index (χ2n) is 11.0. The van der Waals surface area contributed by atoms with Gasteiger partial charge in [0.05, 0.1) is 25.3 Å². The molecule has 0 unspecified atom stereocenters. The number of ether oxygens (including phenoxy) is 2. The summed E-state index contributed by atoms with van der Waals surface area (Å²) in [5.41, 5.74) is 2.14. The molecule has 0 aliphatic carbocycles. The molecule has 0 spiro atoms.